The van der Waals surface area contributed by atoms with E-state index in [1.54, 1.807) is 6.07 Å². The molecule has 5 nitrogen and oxygen atoms in total. The molecule has 0 saturated carbocycles. The number of fused-ring (bicyclic) bond motifs is 1. The normalized spacial score (nSPS) is 33.4. The molecule has 22 heavy (non-hydrogen) atoms. The predicted octanol–water partition coefficient (Wildman–Crippen LogP) is 1.09. The second-order valence-electron chi connectivity index (χ2n) is 5.46. The number of hydrogen-bond acceptors (Lipinski definition) is 4. The Hall–Kier alpha value is -1.67. The van der Waals surface area contributed by atoms with Gasteiger partial charge in [0.1, 0.15) is 35.2 Å². The number of nitrogens with one attached hydrogen (secondary N) is 1. The summed E-state index contributed by atoms with van der Waals surface area (Å²) in [5.41, 5.74) is -1.25. The van der Waals surface area contributed by atoms with Crippen molar-refractivity contribution in [1.82, 2.24) is 9.62 Å². The van der Waals surface area contributed by atoms with Gasteiger partial charge in [0.05, 0.1) is 6.61 Å². The maximum atomic E-state index is 14.3. The Balaban J connectivity index is 2.24. The van der Waals surface area contributed by atoms with Crippen LogP contribution in [0.1, 0.15) is 5.56 Å². The molecule has 0 radical (unpaired) electrons. The van der Waals surface area contributed by atoms with Crippen LogP contribution in [0.4, 0.5) is 8.78 Å². The fourth-order valence-corrected chi connectivity index (χ4v) is 5.18. The summed E-state index contributed by atoms with van der Waals surface area (Å²) in [6.07, 6.45) is -1.16. The second kappa shape index (κ2) is 4.92. The molecule has 1 N–H and O–H groups in total. The zero-order valence-corrected chi connectivity index (χ0v) is 12.7. The molecule has 2 fully saturated rings. The minimum atomic E-state index is -3.93. The van der Waals surface area contributed by atoms with E-state index in [-0.39, 0.29) is 18.0 Å². The van der Waals surface area contributed by atoms with E-state index in [0.29, 0.717) is 0 Å². The van der Waals surface area contributed by atoms with E-state index in [0.717, 1.165) is 4.31 Å². The fourth-order valence-electron chi connectivity index (χ4n) is 3.19. The zero-order valence-electron chi connectivity index (χ0n) is 11.9. The average Bonchev–Trinajstić information content (AvgIpc) is 2.86. The largest absolute Gasteiger partial charge is 0.371 e. The van der Waals surface area contributed by atoms with Gasteiger partial charge in [0, 0.05) is 12.6 Å². The van der Waals surface area contributed by atoms with Gasteiger partial charge in [-0.2, -0.15) is 0 Å². The lowest BCUT2D eigenvalue weighted by Crippen LogP contribution is -2.64. The second-order valence-corrected chi connectivity index (χ2v) is 7.55. The Morgan fingerprint density at radius 3 is 2.82 bits per heavy atom. The molecule has 2 saturated heterocycles. The van der Waals surface area contributed by atoms with Crippen molar-refractivity contribution < 1.29 is 21.9 Å². The van der Waals surface area contributed by atoms with Crippen molar-refractivity contribution in [3.8, 4) is 0 Å². The highest BCUT2D eigenvalue weighted by Crippen LogP contribution is 2.44. The number of rotatable bonds is 2. The first-order chi connectivity index (χ1) is 10.3. The summed E-state index contributed by atoms with van der Waals surface area (Å²) in [6, 6.07) is 5.82. The number of ether oxygens (including phenoxy) is 1. The van der Waals surface area contributed by atoms with Crippen LogP contribution in [-0.2, 0) is 20.3 Å². The van der Waals surface area contributed by atoms with Crippen molar-refractivity contribution in [3.63, 3.8) is 0 Å². The summed E-state index contributed by atoms with van der Waals surface area (Å²) in [5.74, 6) is -0.474. The molecule has 120 valence electrons. The van der Waals surface area contributed by atoms with Crippen LogP contribution in [-0.4, -0.2) is 44.4 Å². The Kier molecular flexibility index (Phi) is 3.41. The van der Waals surface area contributed by atoms with Crippen molar-refractivity contribution in [2.24, 2.45) is 0 Å². The first-order valence-electron chi connectivity index (χ1n) is 6.72. The number of nitrogens with zero attached hydrogens (tertiary/aromatic N) is 1. The fraction of sp³-hybridized carbons (Fsp3) is 0.429. The molecule has 0 bridgehead atoms. The number of hydrogen-bond donors (Lipinski definition) is 1. The molecule has 2 aliphatic rings. The molecule has 1 aromatic carbocycles. The van der Waals surface area contributed by atoms with E-state index in [1.807, 2.05) is 0 Å². The Labute approximate surface area is 127 Å². The molecule has 0 aliphatic carbocycles. The molecular weight excluding hydrogens is 314 g/mol. The van der Waals surface area contributed by atoms with Gasteiger partial charge in [0.15, 0.2) is 0 Å². The van der Waals surface area contributed by atoms with Gasteiger partial charge in [-0.05, 0) is 6.07 Å². The van der Waals surface area contributed by atoms with Gasteiger partial charge in [-0.3, -0.25) is 4.31 Å². The quantitative estimate of drug-likeness (QED) is 0.882. The number of alkyl halides is 1. The molecule has 0 amide bonds. The van der Waals surface area contributed by atoms with Crippen LogP contribution in [0, 0.1) is 5.82 Å². The van der Waals surface area contributed by atoms with Gasteiger partial charge < -0.3 is 10.1 Å². The molecule has 8 heteroatoms. The molecule has 0 aromatic heterocycles. The lowest BCUT2D eigenvalue weighted by atomic mass is 9.86. The lowest BCUT2D eigenvalue weighted by Gasteiger charge is -2.45. The summed E-state index contributed by atoms with van der Waals surface area (Å²) >= 11 is 0. The van der Waals surface area contributed by atoms with Gasteiger partial charge in [-0.15, -0.1) is 0 Å². The maximum absolute atomic E-state index is 14.3. The van der Waals surface area contributed by atoms with E-state index in [2.05, 4.69) is 11.9 Å². The summed E-state index contributed by atoms with van der Waals surface area (Å²) in [4.78, 5) is 0. The minimum Gasteiger partial charge on any atom is -0.371 e. The van der Waals surface area contributed by atoms with Crippen molar-refractivity contribution in [1.29, 1.82) is 0 Å². The summed E-state index contributed by atoms with van der Waals surface area (Å²) in [6.45, 7) is 2.54. The van der Waals surface area contributed by atoms with Crippen molar-refractivity contribution in [2.75, 3.05) is 20.3 Å². The molecule has 3 atom stereocenters. The minimum absolute atomic E-state index is 0.0996. The van der Waals surface area contributed by atoms with Crippen LogP contribution in [0.2, 0.25) is 0 Å². The van der Waals surface area contributed by atoms with Gasteiger partial charge in [-0.1, -0.05) is 24.8 Å². The average molecular weight is 330 g/mol. The van der Waals surface area contributed by atoms with E-state index < -0.39 is 39.4 Å². The monoisotopic (exact) mass is 330 g/mol. The third-order valence-electron chi connectivity index (χ3n) is 4.31. The molecule has 3 unspecified atom stereocenters. The molecule has 2 heterocycles. The van der Waals surface area contributed by atoms with Crippen molar-refractivity contribution >= 4 is 10.0 Å². The highest BCUT2D eigenvalue weighted by atomic mass is 32.2. The van der Waals surface area contributed by atoms with E-state index in [1.165, 1.54) is 25.2 Å². The van der Waals surface area contributed by atoms with Crippen LogP contribution in [0.5, 0.6) is 0 Å². The number of benzene rings is 1. The first kappa shape index (κ1) is 15.2. The smallest absolute Gasteiger partial charge is 0.244 e. The van der Waals surface area contributed by atoms with E-state index in [4.69, 9.17) is 4.74 Å². The van der Waals surface area contributed by atoms with Crippen LogP contribution in [0.25, 0.3) is 0 Å². The maximum Gasteiger partial charge on any atom is 0.244 e. The highest BCUT2D eigenvalue weighted by Gasteiger charge is 2.62. The van der Waals surface area contributed by atoms with E-state index >= 15 is 0 Å². The van der Waals surface area contributed by atoms with E-state index in [9.17, 15) is 17.2 Å². The summed E-state index contributed by atoms with van der Waals surface area (Å²) < 4.78 is 59.3. The Morgan fingerprint density at radius 2 is 2.18 bits per heavy atom. The summed E-state index contributed by atoms with van der Waals surface area (Å²) in [5, 5.41) is 1.67. The Morgan fingerprint density at radius 1 is 1.50 bits per heavy atom. The van der Waals surface area contributed by atoms with Gasteiger partial charge in [0.2, 0.25) is 10.0 Å². The summed E-state index contributed by atoms with van der Waals surface area (Å²) in [7, 11) is -2.61. The van der Waals surface area contributed by atoms with Gasteiger partial charge in [-0.25, -0.2) is 17.2 Å². The van der Waals surface area contributed by atoms with Crippen molar-refractivity contribution in [3.05, 3.63) is 48.0 Å². The molecule has 0 spiro atoms. The predicted molar refractivity (Wildman–Crippen MR) is 76.5 cm³/mol. The molecular formula is C14H16F2N2O3S. The third kappa shape index (κ3) is 1.87. The lowest BCUT2D eigenvalue weighted by molar-refractivity contribution is 0.0830. The van der Waals surface area contributed by atoms with Crippen LogP contribution < -0.4 is 5.32 Å². The van der Waals surface area contributed by atoms with Gasteiger partial charge >= 0.3 is 0 Å². The molecule has 3 rings (SSSR count). The highest BCUT2D eigenvalue weighted by molar-refractivity contribution is 7.90. The number of halogens is 2. The topological polar surface area (TPSA) is 58.6 Å². The van der Waals surface area contributed by atoms with Crippen LogP contribution in [0.15, 0.2) is 36.7 Å². The number of sulfonamides is 1. The van der Waals surface area contributed by atoms with Gasteiger partial charge in [0.25, 0.3) is 0 Å². The van der Waals surface area contributed by atoms with Crippen LogP contribution >= 0.6 is 0 Å². The Bertz CT molecular complexity index is 725. The molecule has 2 aliphatic heterocycles. The molecule has 1 aromatic rings. The standard InChI is InChI=1S/C14H16F2N2O3S/c1-9-17-14(10-5-3-4-6-11(10)16)8-21-12(7-15)13(14)22(19,20)18(9)2/h3-6,12-13,17H,1,7-8H2,2H3. The van der Waals surface area contributed by atoms with Crippen molar-refractivity contribution in [2.45, 2.75) is 16.9 Å². The SMILES string of the molecule is C=C1NC2(c3ccccc3F)COC(CF)C2S(=O)(=O)N1C. The zero-order chi connectivity index (χ0) is 16.1. The third-order valence-corrected chi connectivity index (χ3v) is 6.64. The van der Waals surface area contributed by atoms with Crippen LogP contribution in [0.3, 0.4) is 0 Å². The first-order valence-corrected chi connectivity index (χ1v) is 8.22.